The summed E-state index contributed by atoms with van der Waals surface area (Å²) in [7, 11) is 0. The van der Waals surface area contributed by atoms with Crippen LogP contribution in [0.4, 0.5) is 0 Å². The third kappa shape index (κ3) is 7.89. The highest BCUT2D eigenvalue weighted by molar-refractivity contribution is 4.76. The maximum atomic E-state index is 5.90. The van der Waals surface area contributed by atoms with Crippen LogP contribution in [0.25, 0.3) is 0 Å². The van der Waals surface area contributed by atoms with Crippen molar-refractivity contribution in [2.75, 3.05) is 6.61 Å². The van der Waals surface area contributed by atoms with E-state index in [1.54, 1.807) is 0 Å². The van der Waals surface area contributed by atoms with E-state index in [1.165, 1.54) is 0 Å². The third-order valence-electron chi connectivity index (χ3n) is 2.69. The minimum absolute atomic E-state index is 0.0550. The Balaban J connectivity index is 3.75. The molecule has 0 aliphatic heterocycles. The molecule has 0 spiro atoms. The van der Waals surface area contributed by atoms with Gasteiger partial charge in [-0.05, 0) is 46.5 Å². The van der Waals surface area contributed by atoms with Gasteiger partial charge in [0.25, 0.3) is 0 Å². The standard InChI is InChI=1S/C14H28O2/c1-6-9-10-11-12-15-13(7-2)16-14(4,5)8-3/h6,9,13H,7-8,10-12H2,1-5H3/b9-6-. The van der Waals surface area contributed by atoms with Crippen LogP contribution >= 0.6 is 0 Å². The van der Waals surface area contributed by atoms with Crippen LogP contribution in [-0.4, -0.2) is 18.5 Å². The largest absolute Gasteiger partial charge is 0.353 e. The maximum absolute atomic E-state index is 5.90. The number of rotatable bonds is 9. The van der Waals surface area contributed by atoms with Crippen molar-refractivity contribution in [2.24, 2.45) is 0 Å². The third-order valence-corrected chi connectivity index (χ3v) is 2.69. The van der Waals surface area contributed by atoms with Crippen LogP contribution in [0.5, 0.6) is 0 Å². The molecule has 0 aromatic rings. The lowest BCUT2D eigenvalue weighted by molar-refractivity contribution is -0.202. The smallest absolute Gasteiger partial charge is 0.158 e. The van der Waals surface area contributed by atoms with Crippen molar-refractivity contribution < 1.29 is 9.47 Å². The summed E-state index contributed by atoms with van der Waals surface area (Å²) < 4.78 is 11.6. The molecule has 0 N–H and O–H groups in total. The van der Waals surface area contributed by atoms with E-state index in [1.807, 2.05) is 6.92 Å². The summed E-state index contributed by atoms with van der Waals surface area (Å²) in [6.45, 7) is 11.3. The van der Waals surface area contributed by atoms with Crippen LogP contribution in [0.15, 0.2) is 12.2 Å². The molecule has 0 aromatic heterocycles. The van der Waals surface area contributed by atoms with Crippen molar-refractivity contribution in [2.45, 2.75) is 72.2 Å². The first-order valence-electron chi connectivity index (χ1n) is 6.46. The van der Waals surface area contributed by atoms with Gasteiger partial charge in [-0.3, -0.25) is 0 Å². The predicted molar refractivity (Wildman–Crippen MR) is 69.5 cm³/mol. The van der Waals surface area contributed by atoms with Gasteiger partial charge in [-0.15, -0.1) is 0 Å². The average Bonchev–Trinajstić information content (AvgIpc) is 2.27. The Morgan fingerprint density at radius 2 is 1.94 bits per heavy atom. The molecule has 0 bridgehead atoms. The fraction of sp³-hybridized carbons (Fsp3) is 0.857. The molecule has 2 heteroatoms. The van der Waals surface area contributed by atoms with Gasteiger partial charge < -0.3 is 9.47 Å². The molecule has 1 atom stereocenters. The number of unbranched alkanes of at least 4 members (excludes halogenated alkanes) is 1. The number of hydrogen-bond donors (Lipinski definition) is 0. The lowest BCUT2D eigenvalue weighted by atomic mass is 10.1. The SMILES string of the molecule is C/C=C\CCCOC(CC)OC(C)(C)CC. The van der Waals surface area contributed by atoms with Gasteiger partial charge >= 0.3 is 0 Å². The second-order valence-electron chi connectivity index (χ2n) is 4.65. The molecule has 2 nitrogen and oxygen atoms in total. The molecular formula is C14H28O2. The fourth-order valence-electron chi connectivity index (χ4n) is 1.26. The van der Waals surface area contributed by atoms with Crippen LogP contribution in [-0.2, 0) is 9.47 Å². The van der Waals surface area contributed by atoms with Crippen LogP contribution < -0.4 is 0 Å². The van der Waals surface area contributed by atoms with Crippen LogP contribution in [0, 0.1) is 0 Å². The summed E-state index contributed by atoms with van der Waals surface area (Å²) in [5.74, 6) is 0. The lowest BCUT2D eigenvalue weighted by Gasteiger charge is -2.29. The van der Waals surface area contributed by atoms with Gasteiger partial charge in [0.15, 0.2) is 6.29 Å². The minimum Gasteiger partial charge on any atom is -0.353 e. The first-order valence-corrected chi connectivity index (χ1v) is 6.46. The second kappa shape index (κ2) is 8.77. The van der Waals surface area contributed by atoms with Gasteiger partial charge in [0, 0.05) is 0 Å². The molecule has 0 saturated carbocycles. The predicted octanol–water partition coefficient (Wildman–Crippen LogP) is 4.30. The van der Waals surface area contributed by atoms with Crippen molar-refractivity contribution in [3.63, 3.8) is 0 Å². The molecule has 0 fully saturated rings. The summed E-state index contributed by atoms with van der Waals surface area (Å²) in [6.07, 6.45) is 8.26. The van der Waals surface area contributed by atoms with E-state index in [0.29, 0.717) is 0 Å². The van der Waals surface area contributed by atoms with Crippen LogP contribution in [0.1, 0.15) is 60.3 Å². The molecule has 1 unspecified atom stereocenters. The van der Waals surface area contributed by atoms with Gasteiger partial charge in [0.05, 0.1) is 12.2 Å². The summed E-state index contributed by atoms with van der Waals surface area (Å²) in [5.41, 5.74) is -0.0794. The monoisotopic (exact) mass is 228 g/mol. The van der Waals surface area contributed by atoms with Crippen molar-refractivity contribution in [1.82, 2.24) is 0 Å². The summed E-state index contributed by atoms with van der Waals surface area (Å²) in [4.78, 5) is 0. The van der Waals surface area contributed by atoms with Gasteiger partial charge in [-0.2, -0.15) is 0 Å². The fourth-order valence-corrected chi connectivity index (χ4v) is 1.26. The van der Waals surface area contributed by atoms with E-state index < -0.39 is 0 Å². The zero-order valence-corrected chi connectivity index (χ0v) is 11.6. The normalized spacial score (nSPS) is 14.6. The topological polar surface area (TPSA) is 18.5 Å². The van der Waals surface area contributed by atoms with Crippen LogP contribution in [0.3, 0.4) is 0 Å². The van der Waals surface area contributed by atoms with Gasteiger partial charge in [0.2, 0.25) is 0 Å². The highest BCUT2D eigenvalue weighted by Gasteiger charge is 2.20. The Bertz CT molecular complexity index is 185. The molecule has 0 heterocycles. The van der Waals surface area contributed by atoms with E-state index >= 15 is 0 Å². The molecule has 0 aliphatic carbocycles. The Hall–Kier alpha value is -0.340. The summed E-state index contributed by atoms with van der Waals surface area (Å²) in [6, 6.07) is 0. The highest BCUT2D eigenvalue weighted by Crippen LogP contribution is 2.18. The Labute approximate surface area is 101 Å². The zero-order chi connectivity index (χ0) is 12.4. The highest BCUT2D eigenvalue weighted by atomic mass is 16.7. The van der Waals surface area contributed by atoms with Crippen molar-refractivity contribution in [1.29, 1.82) is 0 Å². The molecule has 0 saturated heterocycles. The first-order chi connectivity index (χ1) is 7.55. The molecule has 0 radical (unpaired) electrons. The van der Waals surface area contributed by atoms with Gasteiger partial charge in [0.1, 0.15) is 0 Å². The molecule has 0 rings (SSSR count). The second-order valence-corrected chi connectivity index (χ2v) is 4.65. The molecular weight excluding hydrogens is 200 g/mol. The molecule has 96 valence electrons. The Morgan fingerprint density at radius 3 is 2.44 bits per heavy atom. The van der Waals surface area contributed by atoms with E-state index in [4.69, 9.17) is 9.47 Å². The number of hydrogen-bond acceptors (Lipinski definition) is 2. The van der Waals surface area contributed by atoms with E-state index in [-0.39, 0.29) is 11.9 Å². The molecule has 0 aliphatic rings. The molecule has 16 heavy (non-hydrogen) atoms. The zero-order valence-electron chi connectivity index (χ0n) is 11.6. The number of allylic oxidation sites excluding steroid dienone is 2. The van der Waals surface area contributed by atoms with Crippen LogP contribution in [0.2, 0.25) is 0 Å². The minimum atomic E-state index is -0.0794. The molecule has 0 aromatic carbocycles. The van der Waals surface area contributed by atoms with E-state index in [0.717, 1.165) is 32.3 Å². The Kier molecular flexibility index (Phi) is 8.58. The quantitative estimate of drug-likeness (QED) is 0.333. The maximum Gasteiger partial charge on any atom is 0.158 e. The summed E-state index contributed by atoms with van der Waals surface area (Å²) in [5, 5.41) is 0. The average molecular weight is 228 g/mol. The van der Waals surface area contributed by atoms with Crippen molar-refractivity contribution in [3.8, 4) is 0 Å². The van der Waals surface area contributed by atoms with Crippen molar-refractivity contribution in [3.05, 3.63) is 12.2 Å². The lowest BCUT2D eigenvalue weighted by Crippen LogP contribution is -2.31. The van der Waals surface area contributed by atoms with E-state index in [2.05, 4.69) is 39.8 Å². The van der Waals surface area contributed by atoms with Gasteiger partial charge in [-0.25, -0.2) is 0 Å². The van der Waals surface area contributed by atoms with E-state index in [9.17, 15) is 0 Å². The van der Waals surface area contributed by atoms with Crippen molar-refractivity contribution >= 4 is 0 Å². The first kappa shape index (κ1) is 15.7. The molecule has 0 amide bonds. The number of ether oxygens (including phenoxy) is 2. The Morgan fingerprint density at radius 1 is 1.25 bits per heavy atom. The summed E-state index contributed by atoms with van der Waals surface area (Å²) >= 11 is 0. The van der Waals surface area contributed by atoms with Gasteiger partial charge in [-0.1, -0.05) is 26.0 Å².